The Labute approximate surface area is 168 Å². The molecule has 5 heteroatoms. The van der Waals surface area contributed by atoms with Crippen LogP contribution in [0.3, 0.4) is 0 Å². The second-order valence-corrected chi connectivity index (χ2v) is 8.03. The van der Waals surface area contributed by atoms with Gasteiger partial charge in [0.05, 0.1) is 10.3 Å². The standard InChI is InChI=1S/C23H22N2O2S/c26-21(20-7-4-16-28-20)25-19-10-8-18(9-11-19)23(13-14-23)22(27)24-15-12-17-5-2-1-3-6-17/h1-11,16H,12-15H2,(H,24,27)(H,25,26). The second-order valence-electron chi connectivity index (χ2n) is 7.08. The van der Waals surface area contributed by atoms with E-state index < -0.39 is 5.41 Å². The maximum atomic E-state index is 12.8. The van der Waals surface area contributed by atoms with Crippen LogP contribution < -0.4 is 10.6 Å². The Balaban J connectivity index is 1.35. The highest BCUT2D eigenvalue weighted by Crippen LogP contribution is 2.48. The zero-order valence-electron chi connectivity index (χ0n) is 15.5. The minimum absolute atomic E-state index is 0.0961. The van der Waals surface area contributed by atoms with Crippen molar-refractivity contribution in [3.05, 3.63) is 88.1 Å². The number of carbonyl (C=O) groups excluding carboxylic acids is 2. The van der Waals surface area contributed by atoms with E-state index in [1.54, 1.807) is 6.07 Å². The Hall–Kier alpha value is -2.92. The monoisotopic (exact) mass is 390 g/mol. The van der Waals surface area contributed by atoms with Crippen molar-refractivity contribution in [3.63, 3.8) is 0 Å². The Kier molecular flexibility index (Phi) is 5.26. The van der Waals surface area contributed by atoms with Crippen molar-refractivity contribution in [2.24, 2.45) is 0 Å². The molecule has 1 heterocycles. The van der Waals surface area contributed by atoms with Gasteiger partial charge in [-0.1, -0.05) is 48.5 Å². The van der Waals surface area contributed by atoms with E-state index in [-0.39, 0.29) is 11.8 Å². The lowest BCUT2D eigenvalue weighted by Gasteiger charge is -2.16. The van der Waals surface area contributed by atoms with Crippen LogP contribution in [0.1, 0.15) is 33.6 Å². The normalized spacial score (nSPS) is 14.3. The number of rotatable bonds is 7. The lowest BCUT2D eigenvalue weighted by Crippen LogP contribution is -2.35. The van der Waals surface area contributed by atoms with Crippen molar-refractivity contribution in [1.82, 2.24) is 5.32 Å². The first-order chi connectivity index (χ1) is 13.7. The molecule has 2 amide bonds. The summed E-state index contributed by atoms with van der Waals surface area (Å²) in [5, 5.41) is 7.87. The maximum Gasteiger partial charge on any atom is 0.265 e. The van der Waals surface area contributed by atoms with Crippen LogP contribution in [0.15, 0.2) is 72.1 Å². The van der Waals surface area contributed by atoms with Crippen molar-refractivity contribution >= 4 is 28.8 Å². The van der Waals surface area contributed by atoms with Gasteiger partial charge in [-0.15, -0.1) is 11.3 Å². The molecule has 0 radical (unpaired) electrons. The Morgan fingerprint density at radius 1 is 0.929 bits per heavy atom. The highest BCUT2D eigenvalue weighted by Gasteiger charge is 2.50. The number of thiophene rings is 1. The second kappa shape index (κ2) is 7.98. The van der Waals surface area contributed by atoms with E-state index in [0.717, 1.165) is 30.5 Å². The molecule has 1 aliphatic carbocycles. The van der Waals surface area contributed by atoms with Crippen LogP contribution in [-0.2, 0) is 16.6 Å². The molecule has 0 bridgehead atoms. The summed E-state index contributed by atoms with van der Waals surface area (Å²) in [6, 6.07) is 21.5. The first-order valence-corrected chi connectivity index (χ1v) is 10.3. The fourth-order valence-electron chi connectivity index (χ4n) is 3.38. The first kappa shape index (κ1) is 18.4. The van der Waals surface area contributed by atoms with Crippen molar-refractivity contribution in [3.8, 4) is 0 Å². The molecule has 1 saturated carbocycles. The lowest BCUT2D eigenvalue weighted by molar-refractivity contribution is -0.123. The quantitative estimate of drug-likeness (QED) is 0.629. The molecule has 4 nitrogen and oxygen atoms in total. The SMILES string of the molecule is O=C(Nc1ccc(C2(C(=O)NCCc3ccccc3)CC2)cc1)c1cccs1. The lowest BCUT2D eigenvalue weighted by atomic mass is 9.94. The predicted molar refractivity (Wildman–Crippen MR) is 113 cm³/mol. The summed E-state index contributed by atoms with van der Waals surface area (Å²) in [5.74, 6) is -0.0126. The zero-order chi connectivity index (χ0) is 19.4. The molecule has 1 aliphatic rings. The Morgan fingerprint density at radius 2 is 1.68 bits per heavy atom. The molecule has 0 atom stereocenters. The molecule has 1 fully saturated rings. The van der Waals surface area contributed by atoms with Gasteiger partial charge in [-0.25, -0.2) is 0 Å². The van der Waals surface area contributed by atoms with E-state index >= 15 is 0 Å². The third-order valence-corrected chi connectivity index (χ3v) is 6.04. The molecule has 28 heavy (non-hydrogen) atoms. The largest absolute Gasteiger partial charge is 0.355 e. The van der Waals surface area contributed by atoms with Crippen molar-refractivity contribution in [1.29, 1.82) is 0 Å². The molecule has 0 saturated heterocycles. The molecule has 4 rings (SSSR count). The molecule has 0 aliphatic heterocycles. The van der Waals surface area contributed by atoms with E-state index in [2.05, 4.69) is 22.8 Å². The highest BCUT2D eigenvalue weighted by atomic mass is 32.1. The third kappa shape index (κ3) is 3.99. The highest BCUT2D eigenvalue weighted by molar-refractivity contribution is 7.12. The first-order valence-electron chi connectivity index (χ1n) is 9.45. The maximum absolute atomic E-state index is 12.8. The average Bonchev–Trinajstić information content (AvgIpc) is 3.35. The van der Waals surface area contributed by atoms with Crippen molar-refractivity contribution in [2.45, 2.75) is 24.7 Å². The minimum atomic E-state index is -0.410. The molecule has 1 aromatic heterocycles. The molecule has 3 aromatic rings. The summed E-state index contributed by atoms with van der Waals surface area (Å²) in [6.07, 6.45) is 2.56. The fourth-order valence-corrected chi connectivity index (χ4v) is 4.00. The number of hydrogen-bond donors (Lipinski definition) is 2. The zero-order valence-corrected chi connectivity index (χ0v) is 16.3. The van der Waals surface area contributed by atoms with Gasteiger partial charge in [0.1, 0.15) is 0 Å². The number of nitrogens with one attached hydrogen (secondary N) is 2. The fraction of sp³-hybridized carbons (Fsp3) is 0.217. The van der Waals surface area contributed by atoms with Crippen LogP contribution in [0.25, 0.3) is 0 Å². The molecule has 0 unspecified atom stereocenters. The Morgan fingerprint density at radius 3 is 2.32 bits per heavy atom. The number of carbonyl (C=O) groups is 2. The van der Waals surface area contributed by atoms with Crippen LogP contribution in [0, 0.1) is 0 Å². The van der Waals surface area contributed by atoms with Gasteiger partial charge in [-0.2, -0.15) is 0 Å². The molecule has 142 valence electrons. The summed E-state index contributed by atoms with van der Waals surface area (Å²) in [5.41, 5.74) is 2.56. The average molecular weight is 391 g/mol. The number of hydrogen-bond acceptors (Lipinski definition) is 3. The minimum Gasteiger partial charge on any atom is -0.355 e. The molecular weight excluding hydrogens is 368 g/mol. The van der Waals surface area contributed by atoms with Gasteiger partial charge < -0.3 is 10.6 Å². The number of anilines is 1. The summed E-state index contributed by atoms with van der Waals surface area (Å²) in [7, 11) is 0. The van der Waals surface area contributed by atoms with Crippen LogP contribution >= 0.6 is 11.3 Å². The van der Waals surface area contributed by atoms with Gasteiger partial charge in [0.15, 0.2) is 0 Å². The topological polar surface area (TPSA) is 58.2 Å². The van der Waals surface area contributed by atoms with Gasteiger partial charge in [-0.05, 0) is 54.0 Å². The van der Waals surface area contributed by atoms with Crippen molar-refractivity contribution < 1.29 is 9.59 Å². The Bertz CT molecular complexity index is 946. The summed E-state index contributed by atoms with van der Waals surface area (Å²) < 4.78 is 0. The van der Waals surface area contributed by atoms with E-state index in [1.165, 1.54) is 16.9 Å². The van der Waals surface area contributed by atoms with E-state index in [9.17, 15) is 9.59 Å². The van der Waals surface area contributed by atoms with Crippen LogP contribution in [0.2, 0.25) is 0 Å². The van der Waals surface area contributed by atoms with Crippen LogP contribution in [0.4, 0.5) is 5.69 Å². The third-order valence-electron chi connectivity index (χ3n) is 5.17. The van der Waals surface area contributed by atoms with E-state index in [0.29, 0.717) is 11.4 Å². The molecule has 2 N–H and O–H groups in total. The van der Waals surface area contributed by atoms with Gasteiger partial charge in [-0.3, -0.25) is 9.59 Å². The molecule has 0 spiro atoms. The van der Waals surface area contributed by atoms with Crippen LogP contribution in [0.5, 0.6) is 0 Å². The summed E-state index contributed by atoms with van der Waals surface area (Å²) in [4.78, 5) is 25.6. The van der Waals surface area contributed by atoms with Crippen LogP contribution in [-0.4, -0.2) is 18.4 Å². The summed E-state index contributed by atoms with van der Waals surface area (Å²) >= 11 is 1.41. The molecular formula is C23H22N2O2S. The van der Waals surface area contributed by atoms with E-state index in [1.807, 2.05) is 53.9 Å². The molecule has 2 aromatic carbocycles. The number of benzene rings is 2. The van der Waals surface area contributed by atoms with Gasteiger partial charge >= 0.3 is 0 Å². The van der Waals surface area contributed by atoms with Gasteiger partial charge in [0, 0.05) is 12.2 Å². The summed E-state index contributed by atoms with van der Waals surface area (Å²) in [6.45, 7) is 0.638. The van der Waals surface area contributed by atoms with Crippen molar-refractivity contribution in [2.75, 3.05) is 11.9 Å². The van der Waals surface area contributed by atoms with E-state index in [4.69, 9.17) is 0 Å². The van der Waals surface area contributed by atoms with Gasteiger partial charge in [0.2, 0.25) is 5.91 Å². The smallest absolute Gasteiger partial charge is 0.265 e. The predicted octanol–water partition coefficient (Wildman–Crippen LogP) is 4.39. The number of amides is 2. The van der Waals surface area contributed by atoms with Gasteiger partial charge in [0.25, 0.3) is 5.91 Å².